The van der Waals surface area contributed by atoms with E-state index in [9.17, 15) is 18.4 Å². The molecule has 0 aliphatic rings. The van der Waals surface area contributed by atoms with Gasteiger partial charge in [-0.15, -0.1) is 0 Å². The van der Waals surface area contributed by atoms with Gasteiger partial charge in [0, 0.05) is 18.1 Å². The Morgan fingerprint density at radius 1 is 1.07 bits per heavy atom. The number of pyridine rings is 1. The summed E-state index contributed by atoms with van der Waals surface area (Å²) in [5.74, 6) is -2.64. The first-order valence-corrected chi connectivity index (χ1v) is 12.3. The first-order valence-electron chi connectivity index (χ1n) is 12.3. The van der Waals surface area contributed by atoms with Crippen LogP contribution in [-0.4, -0.2) is 44.6 Å². The number of amidine groups is 1. The van der Waals surface area contributed by atoms with Crippen molar-refractivity contribution >= 4 is 34.7 Å². The van der Waals surface area contributed by atoms with Crippen LogP contribution in [0.15, 0.2) is 83.9 Å². The van der Waals surface area contributed by atoms with E-state index in [0.29, 0.717) is 16.8 Å². The largest absolute Gasteiger partial charge is 0.452 e. The summed E-state index contributed by atoms with van der Waals surface area (Å²) >= 11 is 0. The molecule has 2 heterocycles. The molecule has 14 heteroatoms. The lowest BCUT2D eigenvalue weighted by Gasteiger charge is -2.25. The summed E-state index contributed by atoms with van der Waals surface area (Å²) in [4.78, 5) is 33.8. The number of primary amides is 1. The molecule has 2 amide bonds. The molecular formula is C28H27F2N9O3. The van der Waals surface area contributed by atoms with E-state index >= 15 is 0 Å². The van der Waals surface area contributed by atoms with Gasteiger partial charge < -0.3 is 27.7 Å². The number of nitrogens with zero attached hydrogens (tertiary/aromatic N) is 5. The smallest absolute Gasteiger partial charge is 0.414 e. The Morgan fingerprint density at radius 2 is 1.81 bits per heavy atom. The maximum Gasteiger partial charge on any atom is 0.414 e. The fourth-order valence-corrected chi connectivity index (χ4v) is 4.20. The number of carbonyl (C=O) groups excluding carboxylic acids is 2. The standard InChI is InChI=1S/C28H27F2N9O3/c1-15(39-22-12-19(29)13-35-23(22)21(37-39)11-17-7-3-4-9-20(17)30)36-26(33)24(25(31)32)38(28(41)42-2)14-16-6-5-8-18(10-16)27(34)40/h3-10,12-13H,1,11,14,31-32H2,2H3,(H2,33,36)(H2,34,40). The van der Waals surface area contributed by atoms with E-state index < -0.39 is 29.5 Å². The van der Waals surface area contributed by atoms with Crippen molar-refractivity contribution in [3.8, 4) is 0 Å². The van der Waals surface area contributed by atoms with Crippen LogP contribution in [0.4, 0.5) is 13.6 Å². The van der Waals surface area contributed by atoms with Crippen LogP contribution in [0.25, 0.3) is 16.9 Å². The molecule has 42 heavy (non-hydrogen) atoms. The van der Waals surface area contributed by atoms with Crippen molar-refractivity contribution in [1.29, 1.82) is 0 Å². The predicted octanol–water partition coefficient (Wildman–Crippen LogP) is 2.54. The van der Waals surface area contributed by atoms with Crippen molar-refractivity contribution in [3.63, 3.8) is 0 Å². The number of nitrogens with two attached hydrogens (primary N) is 4. The molecule has 0 aliphatic heterocycles. The number of aromatic nitrogens is 3. The summed E-state index contributed by atoms with van der Waals surface area (Å²) in [6.07, 6.45) is 0.161. The van der Waals surface area contributed by atoms with Crippen LogP contribution in [0.3, 0.4) is 0 Å². The van der Waals surface area contributed by atoms with Crippen molar-refractivity contribution in [2.24, 2.45) is 27.9 Å². The van der Waals surface area contributed by atoms with E-state index in [1.54, 1.807) is 30.3 Å². The minimum atomic E-state index is -0.894. The third-order valence-electron chi connectivity index (χ3n) is 6.10. The topological polar surface area (TPSA) is 194 Å². The van der Waals surface area contributed by atoms with Crippen molar-refractivity contribution in [2.75, 3.05) is 7.11 Å². The molecule has 0 bridgehead atoms. The molecule has 0 fully saturated rings. The number of ether oxygens (including phenoxy) is 1. The van der Waals surface area contributed by atoms with Crippen molar-refractivity contribution in [2.45, 2.75) is 13.0 Å². The molecule has 2 aromatic heterocycles. The highest BCUT2D eigenvalue weighted by Crippen LogP contribution is 2.24. The molecule has 0 unspecified atom stereocenters. The Morgan fingerprint density at radius 3 is 2.48 bits per heavy atom. The lowest BCUT2D eigenvalue weighted by Crippen LogP contribution is -2.39. The lowest BCUT2D eigenvalue weighted by molar-refractivity contribution is 0.1000. The van der Waals surface area contributed by atoms with Crippen LogP contribution in [0, 0.1) is 11.6 Å². The number of amides is 2. The first-order chi connectivity index (χ1) is 20.0. The number of fused-ring (bicyclic) bond motifs is 1. The van der Waals surface area contributed by atoms with Crippen molar-refractivity contribution < 1.29 is 23.1 Å². The second-order valence-electron chi connectivity index (χ2n) is 8.99. The highest BCUT2D eigenvalue weighted by molar-refractivity contribution is 6.02. The second kappa shape index (κ2) is 12.2. The van der Waals surface area contributed by atoms with Gasteiger partial charge in [0.05, 0.1) is 31.1 Å². The molecule has 0 saturated heterocycles. The maximum absolute atomic E-state index is 14.4. The fraction of sp³-hybridized carbons (Fsp3) is 0.107. The number of benzene rings is 2. The van der Waals surface area contributed by atoms with Gasteiger partial charge in [-0.25, -0.2) is 28.2 Å². The lowest BCUT2D eigenvalue weighted by atomic mass is 10.1. The summed E-state index contributed by atoms with van der Waals surface area (Å²) in [6.45, 7) is 3.70. The molecule has 0 aliphatic carbocycles. The summed E-state index contributed by atoms with van der Waals surface area (Å²) in [5.41, 5.74) is 25.1. The fourth-order valence-electron chi connectivity index (χ4n) is 4.20. The first kappa shape index (κ1) is 29.2. The van der Waals surface area contributed by atoms with E-state index in [-0.39, 0.29) is 46.9 Å². The molecule has 12 nitrogen and oxygen atoms in total. The van der Waals surface area contributed by atoms with Crippen LogP contribution in [0.5, 0.6) is 0 Å². The zero-order valence-corrected chi connectivity index (χ0v) is 22.4. The molecule has 0 saturated carbocycles. The Hall–Kier alpha value is -5.79. The summed E-state index contributed by atoms with van der Waals surface area (Å²) in [7, 11) is 1.14. The van der Waals surface area contributed by atoms with Gasteiger partial charge in [-0.3, -0.25) is 9.69 Å². The number of halogens is 2. The van der Waals surface area contributed by atoms with E-state index in [1.807, 2.05) is 0 Å². The number of methoxy groups -OCH3 is 1. The molecule has 8 N–H and O–H groups in total. The van der Waals surface area contributed by atoms with Gasteiger partial charge in [0.15, 0.2) is 5.84 Å². The van der Waals surface area contributed by atoms with Gasteiger partial charge in [-0.05, 0) is 29.3 Å². The highest BCUT2D eigenvalue weighted by Gasteiger charge is 2.25. The predicted molar refractivity (Wildman–Crippen MR) is 152 cm³/mol. The molecule has 2 aromatic carbocycles. The normalized spacial score (nSPS) is 11.3. The number of aliphatic imine (C=N–C) groups is 1. The van der Waals surface area contributed by atoms with Gasteiger partial charge in [-0.2, -0.15) is 5.10 Å². The summed E-state index contributed by atoms with van der Waals surface area (Å²) in [6, 6.07) is 13.5. The molecule has 0 spiro atoms. The summed E-state index contributed by atoms with van der Waals surface area (Å²) < 4.78 is 34.6. The van der Waals surface area contributed by atoms with Crippen LogP contribution < -0.4 is 22.9 Å². The number of hydrogen-bond acceptors (Lipinski definition) is 8. The van der Waals surface area contributed by atoms with Crippen molar-refractivity contribution in [3.05, 3.63) is 113 Å². The second-order valence-corrected chi connectivity index (χ2v) is 8.99. The van der Waals surface area contributed by atoms with E-state index in [1.165, 1.54) is 22.9 Å². The van der Waals surface area contributed by atoms with Gasteiger partial charge in [0.2, 0.25) is 5.91 Å². The van der Waals surface area contributed by atoms with Gasteiger partial charge in [0.1, 0.15) is 34.5 Å². The monoisotopic (exact) mass is 575 g/mol. The molecule has 0 radical (unpaired) electrons. The number of hydrogen-bond donors (Lipinski definition) is 4. The average Bonchev–Trinajstić information content (AvgIpc) is 3.30. The van der Waals surface area contributed by atoms with Crippen molar-refractivity contribution in [1.82, 2.24) is 19.7 Å². The van der Waals surface area contributed by atoms with Gasteiger partial charge >= 0.3 is 6.09 Å². The number of rotatable bonds is 9. The van der Waals surface area contributed by atoms with E-state index in [0.717, 1.165) is 24.3 Å². The summed E-state index contributed by atoms with van der Waals surface area (Å²) in [5, 5.41) is 4.45. The molecule has 4 rings (SSSR count). The quantitative estimate of drug-likeness (QED) is 0.173. The van der Waals surface area contributed by atoms with E-state index in [2.05, 4.69) is 21.7 Å². The maximum atomic E-state index is 14.4. The van der Waals surface area contributed by atoms with Crippen LogP contribution >= 0.6 is 0 Å². The highest BCUT2D eigenvalue weighted by atomic mass is 19.1. The SMILES string of the molecule is C=C(N=C(N)C(=C(N)N)N(Cc1cccc(C(N)=O)c1)C(=O)OC)n1nc(Cc2ccccc2F)c2ncc(F)cc21. The Balaban J connectivity index is 1.74. The van der Waals surface area contributed by atoms with Crippen LogP contribution in [-0.2, 0) is 17.7 Å². The molecule has 4 aromatic rings. The minimum Gasteiger partial charge on any atom is -0.452 e. The van der Waals surface area contributed by atoms with Gasteiger partial charge in [-0.1, -0.05) is 36.9 Å². The van der Waals surface area contributed by atoms with Gasteiger partial charge in [0.25, 0.3) is 0 Å². The average molecular weight is 576 g/mol. The Bertz CT molecular complexity index is 1760. The third kappa shape index (κ3) is 6.17. The molecule has 216 valence electrons. The van der Waals surface area contributed by atoms with Crippen LogP contribution in [0.2, 0.25) is 0 Å². The molecule has 0 atom stereocenters. The molecular weight excluding hydrogens is 548 g/mol. The number of carbonyl (C=O) groups is 2. The zero-order chi connectivity index (χ0) is 30.6. The Kier molecular flexibility index (Phi) is 8.45. The Labute approximate surface area is 238 Å². The minimum absolute atomic E-state index is 0.0443. The third-order valence-corrected chi connectivity index (χ3v) is 6.10. The zero-order valence-electron chi connectivity index (χ0n) is 22.4. The van der Waals surface area contributed by atoms with E-state index in [4.69, 9.17) is 27.7 Å². The van der Waals surface area contributed by atoms with Crippen LogP contribution in [0.1, 0.15) is 27.2 Å².